The normalized spacial score (nSPS) is 14.3. The van der Waals surface area contributed by atoms with Crippen molar-refractivity contribution in [2.75, 3.05) is 44.8 Å². The number of rotatable bonds is 6. The zero-order valence-electron chi connectivity index (χ0n) is 17.0. The zero-order valence-corrected chi connectivity index (χ0v) is 20.1. The molecule has 1 aliphatic rings. The Hall–Kier alpha value is -1.58. The quantitative estimate of drug-likeness (QED) is 0.351. The molecule has 0 bridgehead atoms. The van der Waals surface area contributed by atoms with Crippen LogP contribution in [0.3, 0.4) is 0 Å². The van der Waals surface area contributed by atoms with Crippen LogP contribution in [0.1, 0.15) is 18.1 Å². The molecule has 6 nitrogen and oxygen atoms in total. The van der Waals surface area contributed by atoms with Crippen molar-refractivity contribution in [2.45, 2.75) is 20.0 Å². The Morgan fingerprint density at radius 2 is 1.93 bits per heavy atom. The van der Waals surface area contributed by atoms with Gasteiger partial charge in [0.15, 0.2) is 5.96 Å². The first kappa shape index (κ1) is 23.7. The third-order valence-corrected chi connectivity index (χ3v) is 5.01. The van der Waals surface area contributed by atoms with Gasteiger partial charge in [0.05, 0.1) is 19.8 Å². The fourth-order valence-electron chi connectivity index (χ4n) is 3.20. The van der Waals surface area contributed by atoms with Crippen LogP contribution >= 0.6 is 35.6 Å². The van der Waals surface area contributed by atoms with Gasteiger partial charge in [-0.15, -0.1) is 24.0 Å². The van der Waals surface area contributed by atoms with Crippen molar-refractivity contribution in [2.24, 2.45) is 4.99 Å². The molecular weight excluding hydrogens is 501 g/mol. The van der Waals surface area contributed by atoms with Crippen LogP contribution in [-0.2, 0) is 17.8 Å². The number of aromatic nitrogens is 1. The van der Waals surface area contributed by atoms with Crippen molar-refractivity contribution in [3.8, 4) is 0 Å². The van der Waals surface area contributed by atoms with Crippen molar-refractivity contribution in [1.29, 1.82) is 0 Å². The van der Waals surface area contributed by atoms with E-state index < -0.39 is 0 Å². The van der Waals surface area contributed by atoms with Gasteiger partial charge in [-0.3, -0.25) is 0 Å². The van der Waals surface area contributed by atoms with E-state index in [4.69, 9.17) is 21.3 Å². The van der Waals surface area contributed by atoms with Gasteiger partial charge in [-0.05, 0) is 24.6 Å². The van der Waals surface area contributed by atoms with E-state index in [2.05, 4.69) is 33.1 Å². The van der Waals surface area contributed by atoms with Gasteiger partial charge in [-0.2, -0.15) is 0 Å². The minimum atomic E-state index is 0. The predicted molar refractivity (Wildman–Crippen MR) is 130 cm³/mol. The molecule has 1 aromatic heterocycles. The highest BCUT2D eigenvalue weighted by Gasteiger charge is 2.16. The first-order chi connectivity index (χ1) is 13.7. The minimum absolute atomic E-state index is 0. The predicted octanol–water partition coefficient (Wildman–Crippen LogP) is 3.79. The summed E-state index contributed by atoms with van der Waals surface area (Å²) in [6.45, 7) is 7.33. The summed E-state index contributed by atoms with van der Waals surface area (Å²) in [4.78, 5) is 13.8. The Kier molecular flexibility index (Phi) is 9.96. The molecule has 8 heteroatoms. The second-order valence-corrected chi connectivity index (χ2v) is 7.11. The number of ether oxygens (including phenoxy) is 1. The lowest BCUT2D eigenvalue weighted by molar-refractivity contribution is 0.122. The SMILES string of the molecule is CCNC(=NCc1cccnc1N1CCOCC1)N(C)Cc1ccccc1Cl.I. The van der Waals surface area contributed by atoms with Crippen LogP contribution in [0.4, 0.5) is 5.82 Å². The van der Waals surface area contributed by atoms with Gasteiger partial charge >= 0.3 is 0 Å². The van der Waals surface area contributed by atoms with Crippen LogP contribution in [0.2, 0.25) is 5.02 Å². The van der Waals surface area contributed by atoms with E-state index in [0.29, 0.717) is 13.1 Å². The third kappa shape index (κ3) is 6.72. The number of aliphatic imine (C=N–C) groups is 1. The number of halogens is 2. The number of nitrogens with zero attached hydrogens (tertiary/aromatic N) is 4. The number of pyridine rings is 1. The maximum atomic E-state index is 6.32. The highest BCUT2D eigenvalue weighted by Crippen LogP contribution is 2.20. The lowest BCUT2D eigenvalue weighted by Crippen LogP contribution is -2.39. The van der Waals surface area contributed by atoms with E-state index >= 15 is 0 Å². The summed E-state index contributed by atoms with van der Waals surface area (Å²) in [7, 11) is 2.02. The largest absolute Gasteiger partial charge is 0.378 e. The maximum Gasteiger partial charge on any atom is 0.194 e. The number of hydrogen-bond acceptors (Lipinski definition) is 4. The average molecular weight is 530 g/mol. The van der Waals surface area contributed by atoms with E-state index in [1.54, 1.807) is 0 Å². The molecule has 1 aliphatic heterocycles. The molecule has 1 saturated heterocycles. The fourth-order valence-corrected chi connectivity index (χ4v) is 3.40. The highest BCUT2D eigenvalue weighted by atomic mass is 127. The number of benzene rings is 1. The lowest BCUT2D eigenvalue weighted by Gasteiger charge is -2.29. The molecule has 1 aromatic carbocycles. The van der Waals surface area contributed by atoms with Crippen molar-refractivity contribution < 1.29 is 4.74 Å². The van der Waals surface area contributed by atoms with Crippen LogP contribution in [-0.4, -0.2) is 55.7 Å². The van der Waals surface area contributed by atoms with Crippen LogP contribution in [0, 0.1) is 0 Å². The van der Waals surface area contributed by atoms with Crippen molar-refractivity contribution in [1.82, 2.24) is 15.2 Å². The smallest absolute Gasteiger partial charge is 0.194 e. The maximum absolute atomic E-state index is 6.32. The first-order valence-electron chi connectivity index (χ1n) is 9.68. The molecule has 2 aromatic rings. The Morgan fingerprint density at radius 3 is 2.66 bits per heavy atom. The van der Waals surface area contributed by atoms with E-state index in [0.717, 1.165) is 60.8 Å². The number of guanidine groups is 1. The van der Waals surface area contributed by atoms with Gasteiger partial charge < -0.3 is 19.9 Å². The minimum Gasteiger partial charge on any atom is -0.378 e. The summed E-state index contributed by atoms with van der Waals surface area (Å²) in [6, 6.07) is 12.0. The second kappa shape index (κ2) is 12.2. The molecule has 1 N–H and O–H groups in total. The summed E-state index contributed by atoms with van der Waals surface area (Å²) in [6.07, 6.45) is 1.84. The molecule has 0 unspecified atom stereocenters. The first-order valence-corrected chi connectivity index (χ1v) is 10.1. The Bertz CT molecular complexity index is 798. The Labute approximate surface area is 195 Å². The van der Waals surface area contributed by atoms with E-state index in [1.165, 1.54) is 0 Å². The summed E-state index contributed by atoms with van der Waals surface area (Å²) >= 11 is 6.32. The molecule has 158 valence electrons. The fraction of sp³-hybridized carbons (Fsp3) is 0.429. The third-order valence-electron chi connectivity index (χ3n) is 4.64. The molecule has 0 saturated carbocycles. The van der Waals surface area contributed by atoms with Crippen molar-refractivity contribution in [3.05, 3.63) is 58.7 Å². The summed E-state index contributed by atoms with van der Waals surface area (Å²) in [5, 5.41) is 4.14. The molecule has 0 atom stereocenters. The molecule has 1 fully saturated rings. The molecule has 0 spiro atoms. The number of hydrogen-bond donors (Lipinski definition) is 1. The van der Waals surface area contributed by atoms with Crippen LogP contribution in [0.5, 0.6) is 0 Å². The number of morpholine rings is 1. The average Bonchev–Trinajstić information content (AvgIpc) is 2.73. The number of anilines is 1. The van der Waals surface area contributed by atoms with Crippen molar-refractivity contribution in [3.63, 3.8) is 0 Å². The second-order valence-electron chi connectivity index (χ2n) is 6.70. The summed E-state index contributed by atoms with van der Waals surface area (Å²) in [5.74, 6) is 1.85. The van der Waals surface area contributed by atoms with E-state index in [-0.39, 0.29) is 24.0 Å². The van der Waals surface area contributed by atoms with Gasteiger partial charge in [0.1, 0.15) is 5.82 Å². The van der Waals surface area contributed by atoms with Crippen LogP contribution in [0.25, 0.3) is 0 Å². The van der Waals surface area contributed by atoms with Crippen LogP contribution in [0.15, 0.2) is 47.6 Å². The topological polar surface area (TPSA) is 53.0 Å². The molecule has 0 amide bonds. The summed E-state index contributed by atoms with van der Waals surface area (Å²) < 4.78 is 5.46. The number of nitrogens with one attached hydrogen (secondary N) is 1. The molecule has 29 heavy (non-hydrogen) atoms. The summed E-state index contributed by atoms with van der Waals surface area (Å²) in [5.41, 5.74) is 2.19. The lowest BCUT2D eigenvalue weighted by atomic mass is 10.2. The van der Waals surface area contributed by atoms with Crippen LogP contribution < -0.4 is 10.2 Å². The molecule has 0 radical (unpaired) electrons. The standard InChI is InChI=1S/C21H28ClN5O.HI/c1-3-23-21(26(2)16-18-7-4-5-9-19(18)22)25-15-17-8-6-10-24-20(17)27-11-13-28-14-12-27;/h4-10H,3,11-16H2,1-2H3,(H,23,25);1H. The van der Waals surface area contributed by atoms with Gasteiger partial charge in [0.2, 0.25) is 0 Å². The van der Waals surface area contributed by atoms with E-state index in [1.807, 2.05) is 43.6 Å². The Morgan fingerprint density at radius 1 is 1.21 bits per heavy atom. The molecule has 0 aliphatic carbocycles. The van der Waals surface area contributed by atoms with Gasteiger partial charge in [0, 0.05) is 50.0 Å². The zero-order chi connectivity index (χ0) is 19.8. The van der Waals surface area contributed by atoms with Crippen molar-refractivity contribution >= 4 is 47.4 Å². The monoisotopic (exact) mass is 529 g/mol. The molecular formula is C21H29ClIN5O. The molecule has 3 rings (SSSR count). The Balaban J connectivity index is 0.00000300. The van der Waals surface area contributed by atoms with E-state index in [9.17, 15) is 0 Å². The van der Waals surface area contributed by atoms with Gasteiger partial charge in [-0.1, -0.05) is 35.9 Å². The molecule has 2 heterocycles. The highest BCUT2D eigenvalue weighted by molar-refractivity contribution is 14.0. The van der Waals surface area contributed by atoms with Gasteiger partial charge in [0.25, 0.3) is 0 Å². The van der Waals surface area contributed by atoms with Gasteiger partial charge in [-0.25, -0.2) is 9.98 Å².